The summed E-state index contributed by atoms with van der Waals surface area (Å²) in [5.74, 6) is 1.27. The van der Waals surface area contributed by atoms with Crippen LogP contribution in [0.2, 0.25) is 0 Å². The Hall–Kier alpha value is -3.32. The Morgan fingerprint density at radius 1 is 1.04 bits per heavy atom. The molecule has 0 saturated heterocycles. The molecule has 0 bridgehead atoms. The summed E-state index contributed by atoms with van der Waals surface area (Å²) < 4.78 is 11.2. The van der Waals surface area contributed by atoms with Crippen molar-refractivity contribution in [3.63, 3.8) is 0 Å². The minimum absolute atomic E-state index is 0.406. The van der Waals surface area contributed by atoms with E-state index in [-0.39, 0.29) is 0 Å². The summed E-state index contributed by atoms with van der Waals surface area (Å²) in [6, 6.07) is 19.3. The standard InChI is InChI=1S/C20H16N2O2/c1-23-19-9-10-22-13-18(19)16-7-8-17(12-21)20(11-16)24-14-15-5-3-2-4-6-15/h2-11,13H,14H2,1H3. The zero-order valence-corrected chi connectivity index (χ0v) is 13.3. The van der Waals surface area contributed by atoms with E-state index in [0.717, 1.165) is 22.4 Å². The molecule has 4 heteroatoms. The van der Waals surface area contributed by atoms with Gasteiger partial charge in [-0.2, -0.15) is 5.26 Å². The van der Waals surface area contributed by atoms with Gasteiger partial charge in [0.15, 0.2) is 0 Å². The van der Waals surface area contributed by atoms with E-state index < -0.39 is 0 Å². The van der Waals surface area contributed by atoms with E-state index in [1.54, 1.807) is 31.6 Å². The molecular weight excluding hydrogens is 300 g/mol. The molecule has 0 radical (unpaired) electrons. The van der Waals surface area contributed by atoms with Crippen LogP contribution in [0.25, 0.3) is 11.1 Å². The molecule has 0 spiro atoms. The van der Waals surface area contributed by atoms with Crippen molar-refractivity contribution >= 4 is 0 Å². The van der Waals surface area contributed by atoms with Gasteiger partial charge >= 0.3 is 0 Å². The second kappa shape index (κ2) is 7.30. The lowest BCUT2D eigenvalue weighted by molar-refractivity contribution is 0.305. The first-order valence-electron chi connectivity index (χ1n) is 7.51. The van der Waals surface area contributed by atoms with Gasteiger partial charge in [-0.3, -0.25) is 4.98 Å². The summed E-state index contributed by atoms with van der Waals surface area (Å²) in [5, 5.41) is 9.31. The van der Waals surface area contributed by atoms with Gasteiger partial charge in [-0.25, -0.2) is 0 Å². The summed E-state index contributed by atoms with van der Waals surface area (Å²) in [6.07, 6.45) is 3.42. The molecule has 0 aliphatic carbocycles. The lowest BCUT2D eigenvalue weighted by Gasteiger charge is -2.12. The molecule has 4 nitrogen and oxygen atoms in total. The van der Waals surface area contributed by atoms with Gasteiger partial charge < -0.3 is 9.47 Å². The summed E-state index contributed by atoms with van der Waals surface area (Å²) in [5.41, 5.74) is 3.29. The average Bonchev–Trinajstić information content (AvgIpc) is 2.67. The number of rotatable bonds is 5. The average molecular weight is 316 g/mol. The molecule has 118 valence electrons. The number of benzene rings is 2. The number of hydrogen-bond donors (Lipinski definition) is 0. The van der Waals surface area contributed by atoms with Crippen molar-refractivity contribution in [3.05, 3.63) is 78.1 Å². The van der Waals surface area contributed by atoms with Gasteiger partial charge in [0.1, 0.15) is 24.2 Å². The van der Waals surface area contributed by atoms with Crippen LogP contribution in [0, 0.1) is 11.3 Å². The van der Waals surface area contributed by atoms with Crippen molar-refractivity contribution in [2.45, 2.75) is 6.61 Å². The number of hydrogen-bond acceptors (Lipinski definition) is 4. The fourth-order valence-corrected chi connectivity index (χ4v) is 2.41. The molecule has 0 saturated carbocycles. The van der Waals surface area contributed by atoms with Crippen molar-refractivity contribution in [2.75, 3.05) is 7.11 Å². The second-order valence-corrected chi connectivity index (χ2v) is 5.17. The Morgan fingerprint density at radius 3 is 2.62 bits per heavy atom. The zero-order chi connectivity index (χ0) is 16.8. The predicted octanol–water partition coefficient (Wildman–Crippen LogP) is 4.21. The second-order valence-electron chi connectivity index (χ2n) is 5.17. The van der Waals surface area contributed by atoms with E-state index >= 15 is 0 Å². The summed E-state index contributed by atoms with van der Waals surface area (Å²) in [6.45, 7) is 0.406. The lowest BCUT2D eigenvalue weighted by Crippen LogP contribution is -1.98. The maximum atomic E-state index is 9.31. The molecule has 0 atom stereocenters. The van der Waals surface area contributed by atoms with Gasteiger partial charge in [-0.15, -0.1) is 0 Å². The molecule has 0 amide bonds. The summed E-state index contributed by atoms with van der Waals surface area (Å²) in [4.78, 5) is 4.15. The molecule has 2 aromatic carbocycles. The quantitative estimate of drug-likeness (QED) is 0.707. The van der Waals surface area contributed by atoms with Crippen molar-refractivity contribution in [2.24, 2.45) is 0 Å². The number of ether oxygens (including phenoxy) is 2. The predicted molar refractivity (Wildman–Crippen MR) is 91.7 cm³/mol. The highest BCUT2D eigenvalue weighted by Gasteiger charge is 2.10. The number of pyridine rings is 1. The molecule has 0 aliphatic rings. The highest BCUT2D eigenvalue weighted by Crippen LogP contribution is 2.32. The fraction of sp³-hybridized carbons (Fsp3) is 0.100. The SMILES string of the molecule is COc1ccncc1-c1ccc(C#N)c(OCc2ccccc2)c1. The Bertz CT molecular complexity index is 870. The maximum absolute atomic E-state index is 9.31. The normalized spacial score (nSPS) is 10.0. The van der Waals surface area contributed by atoms with Gasteiger partial charge in [-0.05, 0) is 29.3 Å². The van der Waals surface area contributed by atoms with Crippen molar-refractivity contribution in [3.8, 4) is 28.7 Å². The molecule has 24 heavy (non-hydrogen) atoms. The first kappa shape index (κ1) is 15.6. The minimum Gasteiger partial charge on any atom is -0.496 e. The van der Waals surface area contributed by atoms with Crippen LogP contribution in [0.1, 0.15) is 11.1 Å². The van der Waals surface area contributed by atoms with E-state index in [0.29, 0.717) is 17.9 Å². The molecule has 1 heterocycles. The van der Waals surface area contributed by atoms with Gasteiger partial charge in [-0.1, -0.05) is 36.4 Å². The molecule has 0 N–H and O–H groups in total. The maximum Gasteiger partial charge on any atom is 0.138 e. The van der Waals surface area contributed by atoms with Crippen LogP contribution in [0.3, 0.4) is 0 Å². The number of methoxy groups -OCH3 is 1. The highest BCUT2D eigenvalue weighted by atomic mass is 16.5. The smallest absolute Gasteiger partial charge is 0.138 e. The number of nitrogens with zero attached hydrogens (tertiary/aromatic N) is 2. The molecule has 3 rings (SSSR count). The van der Waals surface area contributed by atoms with Crippen LogP contribution in [0.15, 0.2) is 67.0 Å². The molecule has 0 aliphatic heterocycles. The largest absolute Gasteiger partial charge is 0.496 e. The number of nitriles is 1. The van der Waals surface area contributed by atoms with Gasteiger partial charge in [0.2, 0.25) is 0 Å². The highest BCUT2D eigenvalue weighted by molar-refractivity contribution is 5.72. The summed E-state index contributed by atoms with van der Waals surface area (Å²) >= 11 is 0. The van der Waals surface area contributed by atoms with E-state index in [1.165, 1.54) is 0 Å². The van der Waals surface area contributed by atoms with Gasteiger partial charge in [0.05, 0.1) is 12.7 Å². The van der Waals surface area contributed by atoms with Crippen molar-refractivity contribution < 1.29 is 9.47 Å². The first-order chi connectivity index (χ1) is 11.8. The van der Waals surface area contributed by atoms with Crippen LogP contribution < -0.4 is 9.47 Å². The van der Waals surface area contributed by atoms with Crippen LogP contribution in [0.4, 0.5) is 0 Å². The Balaban J connectivity index is 1.92. The monoisotopic (exact) mass is 316 g/mol. The first-order valence-corrected chi connectivity index (χ1v) is 7.51. The van der Waals surface area contributed by atoms with E-state index in [9.17, 15) is 5.26 Å². The topological polar surface area (TPSA) is 55.1 Å². The lowest BCUT2D eigenvalue weighted by atomic mass is 10.0. The molecular formula is C20H16N2O2. The van der Waals surface area contributed by atoms with Crippen LogP contribution in [0.5, 0.6) is 11.5 Å². The minimum atomic E-state index is 0.406. The van der Waals surface area contributed by atoms with Crippen LogP contribution in [-0.2, 0) is 6.61 Å². The third-order valence-electron chi connectivity index (χ3n) is 3.65. The molecule has 0 unspecified atom stereocenters. The van der Waals surface area contributed by atoms with E-state index in [1.807, 2.05) is 42.5 Å². The third kappa shape index (κ3) is 3.36. The van der Waals surface area contributed by atoms with E-state index in [2.05, 4.69) is 11.1 Å². The molecule has 3 aromatic rings. The van der Waals surface area contributed by atoms with Crippen molar-refractivity contribution in [1.29, 1.82) is 5.26 Å². The zero-order valence-electron chi connectivity index (χ0n) is 13.3. The van der Waals surface area contributed by atoms with Crippen LogP contribution >= 0.6 is 0 Å². The molecule has 0 fully saturated rings. The summed E-state index contributed by atoms with van der Waals surface area (Å²) in [7, 11) is 1.62. The van der Waals surface area contributed by atoms with Crippen LogP contribution in [-0.4, -0.2) is 12.1 Å². The molecule has 1 aromatic heterocycles. The van der Waals surface area contributed by atoms with Gasteiger partial charge in [0, 0.05) is 18.0 Å². The van der Waals surface area contributed by atoms with Gasteiger partial charge in [0.25, 0.3) is 0 Å². The Morgan fingerprint density at radius 2 is 1.88 bits per heavy atom. The fourth-order valence-electron chi connectivity index (χ4n) is 2.41. The number of aromatic nitrogens is 1. The Kier molecular flexibility index (Phi) is 4.73. The Labute approximate surface area is 140 Å². The van der Waals surface area contributed by atoms with Crippen molar-refractivity contribution in [1.82, 2.24) is 4.98 Å². The van der Waals surface area contributed by atoms with E-state index in [4.69, 9.17) is 9.47 Å². The third-order valence-corrected chi connectivity index (χ3v) is 3.65.